The topological polar surface area (TPSA) is 408 Å². The molecule has 0 aromatic rings. The van der Waals surface area contributed by atoms with E-state index < -0.39 is 182 Å². The van der Waals surface area contributed by atoms with E-state index in [1.807, 2.05) is 0 Å². The molecule has 14 N–H and O–H groups in total. The second kappa shape index (κ2) is 22.2. The quantitative estimate of drug-likeness (QED) is 0.0384. The van der Waals surface area contributed by atoms with E-state index in [-0.39, 0.29) is 35.0 Å². The van der Waals surface area contributed by atoms with Crippen molar-refractivity contribution in [1.29, 1.82) is 0 Å². The molecule has 8 fully saturated rings. The normalized spacial score (nSPS) is 53.5. The predicted octanol–water partition coefficient (Wildman–Crippen LogP) is -2.76. The number of aliphatic hydroxyl groups is 13. The van der Waals surface area contributed by atoms with Crippen LogP contribution in [0.3, 0.4) is 0 Å². The minimum Gasteiger partial charge on any atom is -0.479 e. The molecule has 4 heterocycles. The molecular formula is C54H84O25. The molecule has 79 heavy (non-hydrogen) atoms. The number of esters is 1. The van der Waals surface area contributed by atoms with Gasteiger partial charge in [0.1, 0.15) is 97.8 Å². The summed E-state index contributed by atoms with van der Waals surface area (Å²) in [5.41, 5.74) is -2.71. The monoisotopic (exact) mass is 1130 g/mol. The van der Waals surface area contributed by atoms with Crippen LogP contribution in [-0.2, 0) is 52.3 Å². The summed E-state index contributed by atoms with van der Waals surface area (Å²) in [6, 6.07) is 0. The average Bonchev–Trinajstić information content (AvgIpc) is 3.53. The highest BCUT2D eigenvalue weighted by Crippen LogP contribution is 2.76. The van der Waals surface area contributed by atoms with Gasteiger partial charge in [-0.2, -0.15) is 0 Å². The van der Waals surface area contributed by atoms with Gasteiger partial charge in [0.15, 0.2) is 25.0 Å². The van der Waals surface area contributed by atoms with Crippen molar-refractivity contribution in [3.63, 3.8) is 0 Å². The van der Waals surface area contributed by atoms with Crippen LogP contribution < -0.4 is 0 Å². The largest absolute Gasteiger partial charge is 0.479 e. The van der Waals surface area contributed by atoms with Crippen molar-refractivity contribution >= 4 is 18.2 Å². The highest BCUT2D eigenvalue weighted by atomic mass is 16.8. The average molecular weight is 1130 g/mol. The number of hydrogen-bond donors (Lipinski definition) is 14. The van der Waals surface area contributed by atoms with E-state index in [0.29, 0.717) is 57.8 Å². The third kappa shape index (κ3) is 9.86. The van der Waals surface area contributed by atoms with E-state index in [4.69, 9.17) is 37.9 Å². The molecule has 25 heteroatoms. The van der Waals surface area contributed by atoms with Gasteiger partial charge in [0, 0.05) is 0 Å². The first-order chi connectivity index (χ1) is 37.0. The molecule has 5 aliphatic carbocycles. The Morgan fingerprint density at radius 3 is 1.70 bits per heavy atom. The van der Waals surface area contributed by atoms with Crippen LogP contribution in [0.2, 0.25) is 0 Å². The number of carbonyl (C=O) groups excluding carboxylic acids is 2. The number of carbonyl (C=O) groups is 3. The zero-order chi connectivity index (χ0) is 57.9. The lowest BCUT2D eigenvalue weighted by atomic mass is 9.33. The predicted molar refractivity (Wildman–Crippen MR) is 264 cm³/mol. The highest BCUT2D eigenvalue weighted by molar-refractivity contribution is 5.79. The third-order valence-electron chi connectivity index (χ3n) is 21.4. The molecule has 9 rings (SSSR count). The van der Waals surface area contributed by atoms with Crippen LogP contribution in [0.1, 0.15) is 106 Å². The van der Waals surface area contributed by atoms with Crippen LogP contribution in [0.5, 0.6) is 0 Å². The Labute approximate surface area is 457 Å². The van der Waals surface area contributed by atoms with Crippen molar-refractivity contribution < 1.29 is 124 Å². The molecule has 450 valence electrons. The molecule has 29 unspecified atom stereocenters. The molecule has 4 saturated heterocycles. The van der Waals surface area contributed by atoms with Crippen LogP contribution in [0.4, 0.5) is 0 Å². The van der Waals surface area contributed by atoms with Gasteiger partial charge in [0.05, 0.1) is 36.8 Å². The van der Waals surface area contributed by atoms with Crippen molar-refractivity contribution in [2.45, 2.75) is 235 Å². The number of aldehydes is 1. The smallest absolute Gasteiger partial charge is 0.335 e. The summed E-state index contributed by atoms with van der Waals surface area (Å²) in [6.45, 7) is 10.5. The van der Waals surface area contributed by atoms with E-state index in [1.54, 1.807) is 6.92 Å². The Bertz CT molecular complexity index is 2250. The Morgan fingerprint density at radius 1 is 0.582 bits per heavy atom. The fraction of sp³-hybridized carbons (Fsp3) is 0.907. The lowest BCUT2D eigenvalue weighted by molar-refractivity contribution is -0.364. The van der Waals surface area contributed by atoms with Gasteiger partial charge >= 0.3 is 11.9 Å². The summed E-state index contributed by atoms with van der Waals surface area (Å²) < 4.78 is 46.6. The number of allylic oxidation sites excluding steroid dienone is 2. The molecule has 0 amide bonds. The molecule has 4 saturated carbocycles. The standard InChI is InChI=1S/C54H84O25/c1-49(2)13-15-54(48(71)79-46-37(66)34(63)40(26(20-57)74-46)76-44-35(64)32(61)30(59)24(18-55)72-44)16-14-52(5)22(23(54)17-49)7-8-28-50(3)11-10-29(51(4,21-58)27(50)9-12-53(28,52)6)75-47-39(68)41(38(67)42(78-47)43(69)70)77-45-36(65)33(62)31(60)25(19-56)73-45/h7,21,23-42,44-47,55-57,59-68H,8-20H2,1-6H3,(H,69,70). The van der Waals surface area contributed by atoms with Gasteiger partial charge in [-0.25, -0.2) is 4.79 Å². The summed E-state index contributed by atoms with van der Waals surface area (Å²) in [6.07, 6.45) is -28.1. The van der Waals surface area contributed by atoms with Crippen LogP contribution in [0.15, 0.2) is 11.6 Å². The number of ether oxygens (including phenoxy) is 8. The maximum atomic E-state index is 15.1. The first-order valence-electron chi connectivity index (χ1n) is 27.8. The van der Waals surface area contributed by atoms with Crippen LogP contribution in [-0.4, -0.2) is 238 Å². The number of carboxylic acids is 1. The molecule has 0 bridgehead atoms. The zero-order valence-electron chi connectivity index (χ0n) is 45.5. The van der Waals surface area contributed by atoms with Crippen molar-refractivity contribution in [2.75, 3.05) is 19.8 Å². The van der Waals surface area contributed by atoms with Crippen LogP contribution in [0, 0.1) is 50.2 Å². The van der Waals surface area contributed by atoms with E-state index in [0.717, 1.165) is 11.9 Å². The Morgan fingerprint density at radius 2 is 1.13 bits per heavy atom. The van der Waals surface area contributed by atoms with Gasteiger partial charge in [-0.05, 0) is 104 Å². The number of rotatable bonds is 13. The minimum atomic E-state index is -2.07. The molecule has 0 spiro atoms. The van der Waals surface area contributed by atoms with Crippen molar-refractivity contribution in [2.24, 2.45) is 50.2 Å². The number of hydrogen-bond acceptors (Lipinski definition) is 24. The van der Waals surface area contributed by atoms with Crippen LogP contribution in [0.25, 0.3) is 0 Å². The summed E-state index contributed by atoms with van der Waals surface area (Å²) in [5.74, 6) is -2.90. The van der Waals surface area contributed by atoms with Crippen molar-refractivity contribution in [1.82, 2.24) is 0 Å². The summed E-state index contributed by atoms with van der Waals surface area (Å²) in [7, 11) is 0. The van der Waals surface area contributed by atoms with Gasteiger partial charge in [-0.15, -0.1) is 0 Å². The number of carboxylic acid groups (broad SMARTS) is 1. The van der Waals surface area contributed by atoms with Gasteiger partial charge < -0.3 is 114 Å². The maximum absolute atomic E-state index is 15.1. The Balaban J connectivity index is 0.934. The molecule has 4 aliphatic heterocycles. The van der Waals surface area contributed by atoms with Gasteiger partial charge in [0.25, 0.3) is 0 Å². The second-order valence-electron chi connectivity index (χ2n) is 26.0. The molecular weight excluding hydrogens is 1050 g/mol. The molecule has 0 aromatic heterocycles. The number of aliphatic carboxylic acids is 1. The van der Waals surface area contributed by atoms with E-state index in [9.17, 15) is 81.1 Å². The summed E-state index contributed by atoms with van der Waals surface area (Å²) >= 11 is 0. The fourth-order valence-electron chi connectivity index (χ4n) is 16.4. The molecule has 0 radical (unpaired) electrons. The van der Waals surface area contributed by atoms with Crippen molar-refractivity contribution in [3.05, 3.63) is 11.6 Å². The Kier molecular flexibility index (Phi) is 17.2. The highest BCUT2D eigenvalue weighted by Gasteiger charge is 2.71. The fourth-order valence-corrected chi connectivity index (χ4v) is 16.4. The zero-order valence-corrected chi connectivity index (χ0v) is 45.5. The molecule has 29 atom stereocenters. The SMILES string of the molecule is CC1(C)CCC2(C(=O)OC3OC(CO)C(OC4OC(CO)C(O)C(O)C4O)C(O)C3O)CCC3(C)C(=CCC4C5(C)CCC(OC6OC(C(=O)O)C(O)C(OC7OC(CO)C(O)C(O)C7O)C6O)C(C)(C=O)C5CCC43C)C2C1. The molecule has 9 aliphatic rings. The van der Waals surface area contributed by atoms with Crippen LogP contribution >= 0.6 is 0 Å². The number of fused-ring (bicyclic) bond motifs is 7. The van der Waals surface area contributed by atoms with Gasteiger partial charge in [-0.3, -0.25) is 4.79 Å². The first kappa shape index (κ1) is 61.1. The van der Waals surface area contributed by atoms with E-state index in [2.05, 4.69) is 40.7 Å². The molecule has 0 aromatic carbocycles. The summed E-state index contributed by atoms with van der Waals surface area (Å²) in [5, 5.41) is 148. The molecule has 25 nitrogen and oxygen atoms in total. The van der Waals surface area contributed by atoms with E-state index >= 15 is 4.79 Å². The third-order valence-corrected chi connectivity index (χ3v) is 21.4. The Hall–Kier alpha value is -2.45. The lowest BCUT2D eigenvalue weighted by Crippen LogP contribution is -2.68. The number of aliphatic hydroxyl groups excluding tert-OH is 13. The maximum Gasteiger partial charge on any atom is 0.335 e. The van der Waals surface area contributed by atoms with Crippen molar-refractivity contribution in [3.8, 4) is 0 Å². The van der Waals surface area contributed by atoms with Gasteiger partial charge in [-0.1, -0.05) is 53.2 Å². The second-order valence-corrected chi connectivity index (χ2v) is 26.0. The summed E-state index contributed by atoms with van der Waals surface area (Å²) in [4.78, 5) is 41.3. The van der Waals surface area contributed by atoms with E-state index in [1.165, 1.54) is 0 Å². The first-order valence-corrected chi connectivity index (χ1v) is 27.8. The lowest BCUT2D eigenvalue weighted by Gasteiger charge is -2.71. The minimum absolute atomic E-state index is 0.00369. The van der Waals surface area contributed by atoms with Gasteiger partial charge in [0.2, 0.25) is 6.29 Å².